The molecule has 0 saturated heterocycles. The van der Waals surface area contributed by atoms with Gasteiger partial charge in [-0.05, 0) is 11.6 Å². The Hall–Kier alpha value is 0.820. The molecule has 1 radical (unpaired) electrons. The van der Waals surface area contributed by atoms with Gasteiger partial charge in [0.1, 0.15) is 5.15 Å². The van der Waals surface area contributed by atoms with Crippen LogP contribution in [0.15, 0.2) is 0 Å². The molecule has 10 heavy (non-hydrogen) atoms. The molecule has 0 aliphatic carbocycles. The molecule has 0 aliphatic rings. The molecule has 0 fully saturated rings. The molecule has 0 unspecified atom stereocenters. The number of nitrogens with zero attached hydrogens (tertiary/aromatic N) is 2. The van der Waals surface area contributed by atoms with Crippen molar-refractivity contribution >= 4 is 34.8 Å². The smallest absolute Gasteiger partial charge is 0.205 e. The second-order valence-electron chi connectivity index (χ2n) is 1.52. The minimum Gasteiger partial charge on any atom is -0.308 e. The number of halogens is 3. The number of hydrogen-bond acceptors (Lipinski definition) is 1. The van der Waals surface area contributed by atoms with Crippen LogP contribution in [0.25, 0.3) is 0 Å². The molecule has 61 valence electrons. The SMILES string of the molecule is Cn1c(Cl)nc(Cl)c1Cl.[Au]. The standard InChI is InChI=1S/C4H3Cl3N2.Au/c1-9-3(6)2(5)8-4(9)7;/h1H3;. The Bertz CT molecular complexity index is 212. The third-order valence-electron chi connectivity index (χ3n) is 0.932. The Morgan fingerprint density at radius 3 is 1.90 bits per heavy atom. The Balaban J connectivity index is 0.000000810. The van der Waals surface area contributed by atoms with Gasteiger partial charge in [-0.15, -0.1) is 0 Å². The van der Waals surface area contributed by atoms with Crippen molar-refractivity contribution in [3.8, 4) is 0 Å². The molecular weight excluding hydrogens is 379 g/mol. The zero-order valence-electron chi connectivity index (χ0n) is 4.83. The van der Waals surface area contributed by atoms with Crippen LogP contribution in [0.5, 0.6) is 0 Å². The molecule has 0 aliphatic heterocycles. The molecule has 0 amide bonds. The fourth-order valence-corrected chi connectivity index (χ4v) is 1.01. The van der Waals surface area contributed by atoms with E-state index < -0.39 is 0 Å². The van der Waals surface area contributed by atoms with E-state index in [2.05, 4.69) is 4.98 Å². The number of hydrogen-bond donors (Lipinski definition) is 0. The molecule has 6 heteroatoms. The second-order valence-corrected chi connectivity index (χ2v) is 2.58. The minimum atomic E-state index is 0. The fourth-order valence-electron chi connectivity index (χ4n) is 0.422. The monoisotopic (exact) mass is 381 g/mol. The van der Waals surface area contributed by atoms with Crippen LogP contribution in [-0.4, -0.2) is 9.55 Å². The van der Waals surface area contributed by atoms with E-state index in [1.54, 1.807) is 7.05 Å². The van der Waals surface area contributed by atoms with Crippen molar-refractivity contribution in [1.82, 2.24) is 9.55 Å². The summed E-state index contributed by atoms with van der Waals surface area (Å²) in [7, 11) is 1.68. The second kappa shape index (κ2) is 4.00. The van der Waals surface area contributed by atoms with Crippen molar-refractivity contribution in [2.24, 2.45) is 7.05 Å². The van der Waals surface area contributed by atoms with Gasteiger partial charge in [0.15, 0.2) is 5.15 Å². The minimum absolute atomic E-state index is 0. The largest absolute Gasteiger partial charge is 0.308 e. The van der Waals surface area contributed by atoms with E-state index in [-0.39, 0.29) is 27.5 Å². The van der Waals surface area contributed by atoms with E-state index in [4.69, 9.17) is 34.8 Å². The van der Waals surface area contributed by atoms with Crippen LogP contribution in [-0.2, 0) is 29.4 Å². The Morgan fingerprint density at radius 1 is 1.30 bits per heavy atom. The van der Waals surface area contributed by atoms with Gasteiger partial charge < -0.3 is 4.57 Å². The van der Waals surface area contributed by atoms with Crippen LogP contribution in [0.2, 0.25) is 15.6 Å². The maximum absolute atomic E-state index is 5.58. The summed E-state index contributed by atoms with van der Waals surface area (Å²) in [4.78, 5) is 3.67. The van der Waals surface area contributed by atoms with Crippen LogP contribution in [0, 0.1) is 0 Å². The molecule has 0 saturated carbocycles. The molecule has 0 aromatic carbocycles. The normalized spacial score (nSPS) is 9.20. The van der Waals surface area contributed by atoms with Gasteiger partial charge in [-0.3, -0.25) is 0 Å². The van der Waals surface area contributed by atoms with Gasteiger partial charge in [0.2, 0.25) is 5.28 Å². The molecular formula is C4H3AuCl3N2. The molecule has 2 nitrogen and oxygen atoms in total. The predicted molar refractivity (Wildman–Crippen MR) is 38.2 cm³/mol. The van der Waals surface area contributed by atoms with Crippen LogP contribution >= 0.6 is 34.8 Å². The molecule has 1 rings (SSSR count). The van der Waals surface area contributed by atoms with Crippen molar-refractivity contribution in [3.63, 3.8) is 0 Å². The first-order valence-electron chi connectivity index (χ1n) is 2.16. The number of rotatable bonds is 0. The van der Waals surface area contributed by atoms with Crippen molar-refractivity contribution in [1.29, 1.82) is 0 Å². The summed E-state index contributed by atoms with van der Waals surface area (Å²) < 4.78 is 1.49. The van der Waals surface area contributed by atoms with E-state index in [9.17, 15) is 0 Å². The molecule has 1 heterocycles. The van der Waals surface area contributed by atoms with Gasteiger partial charge in [-0.1, -0.05) is 23.2 Å². The summed E-state index contributed by atoms with van der Waals surface area (Å²) in [6, 6.07) is 0. The number of aromatic nitrogens is 2. The Kier molecular flexibility index (Phi) is 4.33. The average molecular weight is 382 g/mol. The predicted octanol–water partition coefficient (Wildman–Crippen LogP) is 2.38. The molecule has 1 aromatic rings. The molecule has 1 aromatic heterocycles. The van der Waals surface area contributed by atoms with Crippen molar-refractivity contribution in [2.45, 2.75) is 0 Å². The average Bonchev–Trinajstić information content (AvgIpc) is 1.98. The quantitative estimate of drug-likeness (QED) is 0.630. The summed E-state index contributed by atoms with van der Waals surface area (Å²) in [6.07, 6.45) is 0. The Morgan fingerprint density at radius 2 is 1.80 bits per heavy atom. The van der Waals surface area contributed by atoms with E-state index in [1.807, 2.05) is 0 Å². The van der Waals surface area contributed by atoms with E-state index in [1.165, 1.54) is 4.57 Å². The summed E-state index contributed by atoms with van der Waals surface area (Å²) in [6.45, 7) is 0. The van der Waals surface area contributed by atoms with E-state index in [0.29, 0.717) is 10.4 Å². The number of imidazole rings is 1. The van der Waals surface area contributed by atoms with Gasteiger partial charge in [-0.25, -0.2) is 4.98 Å². The molecule has 0 spiro atoms. The van der Waals surface area contributed by atoms with Gasteiger partial charge in [0.25, 0.3) is 0 Å². The van der Waals surface area contributed by atoms with Crippen LogP contribution < -0.4 is 0 Å². The summed E-state index contributed by atoms with van der Waals surface area (Å²) in [5.41, 5.74) is 0. The van der Waals surface area contributed by atoms with Crippen molar-refractivity contribution in [2.75, 3.05) is 0 Å². The van der Waals surface area contributed by atoms with Crippen molar-refractivity contribution in [3.05, 3.63) is 15.6 Å². The van der Waals surface area contributed by atoms with Gasteiger partial charge >= 0.3 is 0 Å². The topological polar surface area (TPSA) is 17.8 Å². The zero-order chi connectivity index (χ0) is 7.02. The fraction of sp³-hybridized carbons (Fsp3) is 0.250. The molecule has 0 bridgehead atoms. The van der Waals surface area contributed by atoms with Crippen LogP contribution in [0.1, 0.15) is 0 Å². The first-order chi connectivity index (χ1) is 4.13. The zero-order valence-corrected chi connectivity index (χ0v) is 9.26. The first-order valence-corrected chi connectivity index (χ1v) is 3.29. The van der Waals surface area contributed by atoms with Crippen molar-refractivity contribution < 1.29 is 22.4 Å². The van der Waals surface area contributed by atoms with Crippen LogP contribution in [0.3, 0.4) is 0 Å². The van der Waals surface area contributed by atoms with E-state index in [0.717, 1.165) is 0 Å². The molecule has 0 N–H and O–H groups in total. The maximum atomic E-state index is 5.58. The van der Waals surface area contributed by atoms with Gasteiger partial charge in [-0.2, -0.15) is 0 Å². The first kappa shape index (κ1) is 10.8. The summed E-state index contributed by atoms with van der Waals surface area (Å²) in [5.74, 6) is 0. The third kappa shape index (κ3) is 1.91. The van der Waals surface area contributed by atoms with Gasteiger partial charge in [0.05, 0.1) is 0 Å². The Labute approximate surface area is 89.0 Å². The molecule has 0 atom stereocenters. The van der Waals surface area contributed by atoms with Crippen LogP contribution in [0.4, 0.5) is 0 Å². The maximum Gasteiger partial charge on any atom is 0.205 e. The summed E-state index contributed by atoms with van der Waals surface area (Å²) in [5, 5.41) is 0.899. The van der Waals surface area contributed by atoms with Gasteiger partial charge in [0, 0.05) is 29.4 Å². The third-order valence-corrected chi connectivity index (χ3v) is 2.06. The van der Waals surface area contributed by atoms with E-state index >= 15 is 0 Å². The summed E-state index contributed by atoms with van der Waals surface area (Å²) >= 11 is 16.6.